The minimum absolute atomic E-state index is 0.0689. The third kappa shape index (κ3) is 3.72. The van der Waals surface area contributed by atoms with Crippen LogP contribution in [0, 0.1) is 0 Å². The van der Waals surface area contributed by atoms with E-state index in [2.05, 4.69) is 14.4 Å². The fraction of sp³-hybridized carbons (Fsp3) is 0.0625. The Hall–Kier alpha value is -2.65. The highest BCUT2D eigenvalue weighted by Gasteiger charge is 2.41. The molecule has 1 unspecified atom stereocenters. The quantitative estimate of drug-likeness (QED) is 0.661. The van der Waals surface area contributed by atoms with Gasteiger partial charge >= 0.3 is 6.18 Å². The molecule has 0 fully saturated rings. The van der Waals surface area contributed by atoms with Gasteiger partial charge in [-0.1, -0.05) is 47.6 Å². The highest BCUT2D eigenvalue weighted by atomic mass is 32.2. The van der Waals surface area contributed by atoms with Crippen molar-refractivity contribution < 1.29 is 26.5 Å². The first-order valence-electron chi connectivity index (χ1n) is 6.96. The smallest absolute Gasteiger partial charge is 0.350 e. The second-order valence-corrected chi connectivity index (χ2v) is 5.73. The number of anilines is 1. The molecule has 0 aliphatic carbocycles. The average molecular weight is 368 g/mol. The van der Waals surface area contributed by atoms with E-state index < -0.39 is 23.2 Å². The summed E-state index contributed by atoms with van der Waals surface area (Å²) in [6.07, 6.45) is -4.71. The summed E-state index contributed by atoms with van der Waals surface area (Å²) in [6, 6.07) is 13.9. The molecule has 0 amide bonds. The molecule has 5 nitrogen and oxygen atoms in total. The number of halogens is 3. The fourth-order valence-electron chi connectivity index (χ4n) is 2.35. The van der Waals surface area contributed by atoms with Crippen molar-refractivity contribution in [1.29, 1.82) is 0 Å². The Morgan fingerprint density at radius 1 is 1.00 bits per heavy atom. The van der Waals surface area contributed by atoms with Crippen molar-refractivity contribution in [3.63, 3.8) is 0 Å². The summed E-state index contributed by atoms with van der Waals surface area (Å²) in [5.74, 6) is -1.20. The summed E-state index contributed by atoms with van der Waals surface area (Å²) in [7, 11) is 0. The van der Waals surface area contributed by atoms with Crippen molar-refractivity contribution >= 4 is 17.0 Å². The number of nitrogens with zero attached hydrogens (tertiary/aromatic N) is 1. The summed E-state index contributed by atoms with van der Waals surface area (Å²) >= 11 is -2.27. The Morgan fingerprint density at radius 3 is 2.20 bits per heavy atom. The molecule has 2 aromatic carbocycles. The van der Waals surface area contributed by atoms with Crippen LogP contribution in [-0.2, 0) is 17.4 Å². The maximum absolute atomic E-state index is 13.3. The van der Waals surface area contributed by atoms with E-state index >= 15 is 0 Å². The van der Waals surface area contributed by atoms with Crippen molar-refractivity contribution in [2.75, 3.05) is 4.72 Å². The van der Waals surface area contributed by atoms with E-state index in [0.717, 1.165) is 0 Å². The normalized spacial score (nSPS) is 12.8. The molecule has 1 aromatic heterocycles. The lowest BCUT2D eigenvalue weighted by atomic mass is 9.99. The van der Waals surface area contributed by atoms with Gasteiger partial charge in [-0.25, -0.2) is 4.21 Å². The van der Waals surface area contributed by atoms with Gasteiger partial charge in [0.25, 0.3) is 11.3 Å². The van der Waals surface area contributed by atoms with Crippen LogP contribution in [0.4, 0.5) is 18.9 Å². The Morgan fingerprint density at radius 2 is 1.64 bits per heavy atom. The SMILES string of the molecule is O=S(O)Nc1ccc(-c2c(-c3ccccc3)noc2C(F)(F)F)cc1. The monoisotopic (exact) mass is 368 g/mol. The lowest BCUT2D eigenvalue weighted by Crippen LogP contribution is -2.05. The lowest BCUT2D eigenvalue weighted by molar-refractivity contribution is -0.154. The standard InChI is InChI=1S/C16H11F3N2O3S/c17-16(18,19)15-13(10-6-8-12(9-7-10)21-25(22)23)14(20-24-15)11-4-2-1-3-5-11/h1-9,21H,(H,22,23). The molecule has 0 aliphatic heterocycles. The van der Waals surface area contributed by atoms with Gasteiger partial charge in [0, 0.05) is 11.3 Å². The van der Waals surface area contributed by atoms with E-state index in [-0.39, 0.29) is 22.5 Å². The summed E-state index contributed by atoms with van der Waals surface area (Å²) in [5, 5.41) is 3.60. The molecule has 130 valence electrons. The van der Waals surface area contributed by atoms with Crippen molar-refractivity contribution in [2.45, 2.75) is 6.18 Å². The minimum atomic E-state index is -4.71. The highest BCUT2D eigenvalue weighted by Crippen LogP contribution is 2.42. The van der Waals surface area contributed by atoms with Gasteiger partial charge in [-0.3, -0.25) is 9.27 Å². The molecule has 1 heterocycles. The minimum Gasteiger partial charge on any atom is -0.350 e. The summed E-state index contributed by atoms with van der Waals surface area (Å²) in [6.45, 7) is 0. The molecular weight excluding hydrogens is 357 g/mol. The van der Waals surface area contributed by atoms with Crippen LogP contribution < -0.4 is 4.72 Å². The number of nitrogens with one attached hydrogen (secondary N) is 1. The molecule has 3 aromatic rings. The number of hydrogen-bond acceptors (Lipinski definition) is 3. The maximum Gasteiger partial charge on any atom is 0.453 e. The molecule has 0 bridgehead atoms. The van der Waals surface area contributed by atoms with Crippen molar-refractivity contribution in [2.24, 2.45) is 0 Å². The van der Waals surface area contributed by atoms with Crippen LogP contribution in [0.5, 0.6) is 0 Å². The zero-order valence-corrected chi connectivity index (χ0v) is 13.3. The first kappa shape index (κ1) is 17.2. The first-order chi connectivity index (χ1) is 11.9. The van der Waals surface area contributed by atoms with Gasteiger partial charge in [0.2, 0.25) is 5.76 Å². The number of alkyl halides is 3. The second kappa shape index (κ2) is 6.69. The van der Waals surface area contributed by atoms with Crippen molar-refractivity contribution in [1.82, 2.24) is 5.16 Å². The Bertz CT molecular complexity index is 893. The zero-order chi connectivity index (χ0) is 18.0. The molecule has 9 heteroatoms. The third-order valence-corrected chi connectivity index (χ3v) is 3.79. The second-order valence-electron chi connectivity index (χ2n) is 5.03. The van der Waals surface area contributed by atoms with Crippen LogP contribution in [0.2, 0.25) is 0 Å². The molecule has 0 spiro atoms. The van der Waals surface area contributed by atoms with Gasteiger partial charge < -0.3 is 4.52 Å². The number of hydrogen-bond donors (Lipinski definition) is 2. The molecule has 1 atom stereocenters. The molecular formula is C16H11F3N2O3S. The van der Waals surface area contributed by atoms with Gasteiger partial charge in [-0.2, -0.15) is 13.2 Å². The first-order valence-corrected chi connectivity index (χ1v) is 8.07. The zero-order valence-electron chi connectivity index (χ0n) is 12.4. The molecule has 0 saturated carbocycles. The van der Waals surface area contributed by atoms with E-state index in [1.165, 1.54) is 24.3 Å². The van der Waals surface area contributed by atoms with Gasteiger partial charge in [0.1, 0.15) is 5.69 Å². The molecule has 3 rings (SSSR count). The number of aromatic nitrogens is 1. The fourth-order valence-corrected chi connectivity index (χ4v) is 2.69. The van der Waals surface area contributed by atoms with Crippen LogP contribution in [0.1, 0.15) is 5.76 Å². The number of benzene rings is 2. The largest absolute Gasteiger partial charge is 0.453 e. The van der Waals surface area contributed by atoms with Gasteiger partial charge in [-0.15, -0.1) is 0 Å². The third-order valence-electron chi connectivity index (χ3n) is 3.38. The van der Waals surface area contributed by atoms with Crippen molar-refractivity contribution in [3.8, 4) is 22.4 Å². The van der Waals surface area contributed by atoms with E-state index in [1.54, 1.807) is 30.3 Å². The lowest BCUT2D eigenvalue weighted by Gasteiger charge is -2.08. The van der Waals surface area contributed by atoms with Gasteiger partial charge in [0.05, 0.1) is 5.56 Å². The molecule has 25 heavy (non-hydrogen) atoms. The van der Waals surface area contributed by atoms with Crippen LogP contribution >= 0.6 is 0 Å². The summed E-state index contributed by atoms with van der Waals surface area (Å²) < 4.78 is 66.2. The Kier molecular flexibility index (Phi) is 4.60. The Labute approximate surface area is 142 Å². The van der Waals surface area contributed by atoms with Crippen LogP contribution in [-0.4, -0.2) is 13.9 Å². The highest BCUT2D eigenvalue weighted by molar-refractivity contribution is 7.80. The molecule has 0 aliphatic rings. The van der Waals surface area contributed by atoms with Crippen LogP contribution in [0.15, 0.2) is 59.1 Å². The molecule has 2 N–H and O–H groups in total. The predicted molar refractivity (Wildman–Crippen MR) is 86.8 cm³/mol. The van der Waals surface area contributed by atoms with E-state index in [4.69, 9.17) is 4.55 Å². The van der Waals surface area contributed by atoms with Crippen LogP contribution in [0.3, 0.4) is 0 Å². The maximum atomic E-state index is 13.3. The number of rotatable bonds is 4. The molecule has 0 saturated heterocycles. The average Bonchev–Trinajstić information content (AvgIpc) is 3.01. The summed E-state index contributed by atoms with van der Waals surface area (Å²) in [5.41, 5.74) is 0.878. The van der Waals surface area contributed by atoms with E-state index in [0.29, 0.717) is 5.56 Å². The van der Waals surface area contributed by atoms with Gasteiger partial charge in [0.15, 0.2) is 0 Å². The summed E-state index contributed by atoms with van der Waals surface area (Å²) in [4.78, 5) is 0. The molecule has 0 radical (unpaired) electrons. The van der Waals surface area contributed by atoms with E-state index in [9.17, 15) is 17.4 Å². The predicted octanol–water partition coefficient (Wildman–Crippen LogP) is 4.58. The van der Waals surface area contributed by atoms with E-state index in [1.807, 2.05) is 0 Å². The topological polar surface area (TPSA) is 75.4 Å². The Balaban J connectivity index is 2.13. The van der Waals surface area contributed by atoms with Crippen molar-refractivity contribution in [3.05, 3.63) is 60.4 Å². The van der Waals surface area contributed by atoms with Crippen LogP contribution in [0.25, 0.3) is 22.4 Å². The van der Waals surface area contributed by atoms with Gasteiger partial charge in [-0.05, 0) is 17.7 Å².